The molecule has 2 amide bonds. The summed E-state index contributed by atoms with van der Waals surface area (Å²) in [6, 6.07) is 11.5. The Hall–Kier alpha value is -2.73. The maximum absolute atomic E-state index is 12.4. The van der Waals surface area contributed by atoms with Crippen LogP contribution >= 0.6 is 11.6 Å². The van der Waals surface area contributed by atoms with Gasteiger partial charge in [0.15, 0.2) is 0 Å². The van der Waals surface area contributed by atoms with Crippen molar-refractivity contribution in [3.05, 3.63) is 47.5 Å². The maximum Gasteiger partial charge on any atom is 0.246 e. The van der Waals surface area contributed by atoms with Crippen LogP contribution in [0.1, 0.15) is 13.8 Å². The Morgan fingerprint density at radius 1 is 1.08 bits per heavy atom. The Balaban J connectivity index is 2.11. The lowest BCUT2D eigenvalue weighted by molar-refractivity contribution is -0.116. The summed E-state index contributed by atoms with van der Waals surface area (Å²) in [4.78, 5) is 23.6. The summed E-state index contributed by atoms with van der Waals surface area (Å²) >= 11 is 5.92. The topological polar surface area (TPSA) is 79.5 Å². The van der Waals surface area contributed by atoms with Crippen molar-refractivity contribution in [1.82, 2.24) is 0 Å². The highest BCUT2D eigenvalue weighted by Gasteiger charge is 2.15. The van der Waals surface area contributed by atoms with Gasteiger partial charge in [-0.05, 0) is 43.3 Å². The fourth-order valence-electron chi connectivity index (χ4n) is 2.22. The van der Waals surface area contributed by atoms with Gasteiger partial charge in [-0.2, -0.15) is 0 Å². The van der Waals surface area contributed by atoms with E-state index in [1.165, 1.54) is 14.0 Å². The molecule has 2 aromatic rings. The van der Waals surface area contributed by atoms with Gasteiger partial charge in [-0.25, -0.2) is 0 Å². The van der Waals surface area contributed by atoms with Gasteiger partial charge in [-0.1, -0.05) is 17.7 Å². The number of rotatable bonds is 6. The van der Waals surface area contributed by atoms with E-state index in [9.17, 15) is 9.59 Å². The van der Waals surface area contributed by atoms with E-state index in [4.69, 9.17) is 16.3 Å². The van der Waals surface area contributed by atoms with Gasteiger partial charge in [0.2, 0.25) is 11.8 Å². The molecule has 0 spiro atoms. The molecule has 3 N–H and O–H groups in total. The van der Waals surface area contributed by atoms with E-state index in [-0.39, 0.29) is 11.8 Å². The summed E-state index contributed by atoms with van der Waals surface area (Å²) in [5.41, 5.74) is 1.82. The molecule has 0 radical (unpaired) electrons. The largest absolute Gasteiger partial charge is 0.495 e. The lowest BCUT2D eigenvalue weighted by Gasteiger charge is -2.18. The highest BCUT2D eigenvalue weighted by atomic mass is 35.5. The Labute approximate surface area is 151 Å². The standard InChI is InChI=1S/C18H20ClN3O3/c1-11(18(24)22-14-6-4-5-13(19)9-14)20-16-10-15(21-12(2)23)7-8-17(16)25-3/h4-11,20H,1-3H3,(H,21,23)(H,22,24). The second-order valence-corrected chi connectivity index (χ2v) is 5.90. The number of hydrogen-bond donors (Lipinski definition) is 3. The molecule has 2 rings (SSSR count). The zero-order valence-corrected chi connectivity index (χ0v) is 15.0. The van der Waals surface area contributed by atoms with Crippen LogP contribution in [-0.4, -0.2) is 25.0 Å². The molecule has 0 aliphatic rings. The molecule has 0 aliphatic carbocycles. The van der Waals surface area contributed by atoms with Crippen LogP contribution in [0, 0.1) is 0 Å². The molecule has 0 saturated carbocycles. The number of methoxy groups -OCH3 is 1. The SMILES string of the molecule is COc1ccc(NC(C)=O)cc1NC(C)C(=O)Nc1cccc(Cl)c1. The number of amides is 2. The van der Waals surface area contributed by atoms with E-state index in [2.05, 4.69) is 16.0 Å². The van der Waals surface area contributed by atoms with Gasteiger partial charge < -0.3 is 20.7 Å². The summed E-state index contributed by atoms with van der Waals surface area (Å²) < 4.78 is 5.30. The van der Waals surface area contributed by atoms with E-state index in [1.54, 1.807) is 49.4 Å². The van der Waals surface area contributed by atoms with Crippen LogP contribution in [0.2, 0.25) is 5.02 Å². The molecule has 0 bridgehead atoms. The molecular formula is C18H20ClN3O3. The number of nitrogens with one attached hydrogen (secondary N) is 3. The number of ether oxygens (including phenoxy) is 1. The second kappa shape index (κ2) is 8.39. The predicted molar refractivity (Wildman–Crippen MR) is 100 cm³/mol. The average molecular weight is 362 g/mol. The Bertz CT molecular complexity index is 780. The fourth-order valence-corrected chi connectivity index (χ4v) is 2.41. The van der Waals surface area contributed by atoms with Crippen molar-refractivity contribution in [3.8, 4) is 5.75 Å². The Morgan fingerprint density at radius 3 is 2.44 bits per heavy atom. The lowest BCUT2D eigenvalue weighted by atomic mass is 10.2. The third-order valence-electron chi connectivity index (χ3n) is 3.38. The van der Waals surface area contributed by atoms with Crippen molar-refractivity contribution in [2.24, 2.45) is 0 Å². The van der Waals surface area contributed by atoms with Crippen molar-refractivity contribution in [2.75, 3.05) is 23.1 Å². The fraction of sp³-hybridized carbons (Fsp3) is 0.222. The summed E-state index contributed by atoms with van der Waals surface area (Å²) in [6.07, 6.45) is 0. The molecular weight excluding hydrogens is 342 g/mol. The molecule has 1 atom stereocenters. The summed E-state index contributed by atoms with van der Waals surface area (Å²) in [7, 11) is 1.54. The summed E-state index contributed by atoms with van der Waals surface area (Å²) in [5.74, 6) is 0.161. The lowest BCUT2D eigenvalue weighted by Crippen LogP contribution is -2.32. The van der Waals surface area contributed by atoms with Gasteiger partial charge in [-0.3, -0.25) is 9.59 Å². The molecule has 1 unspecified atom stereocenters. The van der Waals surface area contributed by atoms with E-state index in [0.717, 1.165) is 0 Å². The minimum Gasteiger partial charge on any atom is -0.495 e. The molecule has 0 fully saturated rings. The van der Waals surface area contributed by atoms with Gasteiger partial charge in [0, 0.05) is 23.3 Å². The van der Waals surface area contributed by atoms with Crippen LogP contribution < -0.4 is 20.7 Å². The summed E-state index contributed by atoms with van der Waals surface area (Å²) in [6.45, 7) is 3.16. The van der Waals surface area contributed by atoms with Gasteiger partial charge in [-0.15, -0.1) is 0 Å². The minimum absolute atomic E-state index is 0.178. The van der Waals surface area contributed by atoms with Crippen LogP contribution in [-0.2, 0) is 9.59 Å². The van der Waals surface area contributed by atoms with Gasteiger partial charge in [0.05, 0.1) is 12.8 Å². The minimum atomic E-state index is -0.541. The Kier molecular flexibility index (Phi) is 6.25. The second-order valence-electron chi connectivity index (χ2n) is 5.46. The smallest absolute Gasteiger partial charge is 0.246 e. The van der Waals surface area contributed by atoms with Crippen LogP contribution in [0.15, 0.2) is 42.5 Å². The van der Waals surface area contributed by atoms with Crippen molar-refractivity contribution in [1.29, 1.82) is 0 Å². The molecule has 0 saturated heterocycles. The number of hydrogen-bond acceptors (Lipinski definition) is 4. The van der Waals surface area contributed by atoms with Crippen LogP contribution in [0.5, 0.6) is 5.75 Å². The highest BCUT2D eigenvalue weighted by Crippen LogP contribution is 2.28. The normalized spacial score (nSPS) is 11.4. The quantitative estimate of drug-likeness (QED) is 0.732. The molecule has 25 heavy (non-hydrogen) atoms. The van der Waals surface area contributed by atoms with Crippen molar-refractivity contribution in [3.63, 3.8) is 0 Å². The van der Waals surface area contributed by atoms with Crippen LogP contribution in [0.3, 0.4) is 0 Å². The van der Waals surface area contributed by atoms with E-state index in [0.29, 0.717) is 27.8 Å². The monoisotopic (exact) mass is 361 g/mol. The molecule has 0 heterocycles. The number of anilines is 3. The zero-order valence-electron chi connectivity index (χ0n) is 14.2. The van der Waals surface area contributed by atoms with Gasteiger partial charge in [0.25, 0.3) is 0 Å². The highest BCUT2D eigenvalue weighted by molar-refractivity contribution is 6.30. The first-order valence-corrected chi connectivity index (χ1v) is 8.05. The van der Waals surface area contributed by atoms with Crippen molar-refractivity contribution < 1.29 is 14.3 Å². The first-order valence-electron chi connectivity index (χ1n) is 7.67. The van der Waals surface area contributed by atoms with Gasteiger partial charge >= 0.3 is 0 Å². The number of carbonyl (C=O) groups is 2. The number of carbonyl (C=O) groups excluding carboxylic acids is 2. The third-order valence-corrected chi connectivity index (χ3v) is 3.61. The summed E-state index contributed by atoms with van der Waals surface area (Å²) in [5, 5.41) is 9.12. The number of halogens is 1. The van der Waals surface area contributed by atoms with Crippen LogP contribution in [0.25, 0.3) is 0 Å². The molecule has 0 aromatic heterocycles. The Morgan fingerprint density at radius 2 is 1.80 bits per heavy atom. The zero-order chi connectivity index (χ0) is 18.4. The molecule has 132 valence electrons. The third kappa shape index (κ3) is 5.39. The first kappa shape index (κ1) is 18.6. The first-order chi connectivity index (χ1) is 11.9. The van der Waals surface area contributed by atoms with Crippen LogP contribution in [0.4, 0.5) is 17.1 Å². The predicted octanol–water partition coefficient (Wildman–Crippen LogP) is 3.75. The number of benzene rings is 2. The van der Waals surface area contributed by atoms with Crippen molar-refractivity contribution >= 4 is 40.5 Å². The average Bonchev–Trinajstić information content (AvgIpc) is 2.54. The van der Waals surface area contributed by atoms with E-state index >= 15 is 0 Å². The van der Waals surface area contributed by atoms with E-state index < -0.39 is 6.04 Å². The van der Waals surface area contributed by atoms with Crippen molar-refractivity contribution in [2.45, 2.75) is 19.9 Å². The molecule has 7 heteroatoms. The van der Waals surface area contributed by atoms with Gasteiger partial charge in [0.1, 0.15) is 11.8 Å². The van der Waals surface area contributed by atoms with E-state index in [1.807, 2.05) is 0 Å². The molecule has 0 aliphatic heterocycles. The molecule has 6 nitrogen and oxygen atoms in total. The maximum atomic E-state index is 12.4. The molecule has 2 aromatic carbocycles.